The molecule has 1 fully saturated rings. The number of halogens is 1. The number of rotatable bonds is 3. The largest absolute Gasteiger partial charge is 0.465 e. The maximum atomic E-state index is 12.0. The summed E-state index contributed by atoms with van der Waals surface area (Å²) in [7, 11) is 1.28. The van der Waals surface area contributed by atoms with Gasteiger partial charge in [0.05, 0.1) is 18.4 Å². The first-order valence-electron chi connectivity index (χ1n) is 5.74. The molecule has 1 aromatic heterocycles. The van der Waals surface area contributed by atoms with E-state index >= 15 is 0 Å². The Morgan fingerprint density at radius 3 is 3.00 bits per heavy atom. The summed E-state index contributed by atoms with van der Waals surface area (Å²) >= 11 is 6.03. The number of hydrogen-bond acceptors (Lipinski definition) is 4. The van der Waals surface area contributed by atoms with Crippen LogP contribution in [0.5, 0.6) is 0 Å². The minimum absolute atomic E-state index is 0.0502. The standard InChI is InChI=1S/C13H13ClN2O3/c1-3-8-6-10(17)16(7-8)11-9(13(18)19-2)4-5-15-12(11)14/h3-5,8H,1,6-7H2,2H3. The summed E-state index contributed by atoms with van der Waals surface area (Å²) in [5.41, 5.74) is 0.547. The number of carbonyl (C=O) groups is 2. The highest BCUT2D eigenvalue weighted by molar-refractivity contribution is 6.33. The summed E-state index contributed by atoms with van der Waals surface area (Å²) in [6.07, 6.45) is 3.49. The Morgan fingerprint density at radius 1 is 1.68 bits per heavy atom. The van der Waals surface area contributed by atoms with Gasteiger partial charge in [0.15, 0.2) is 5.15 Å². The van der Waals surface area contributed by atoms with Gasteiger partial charge in [-0.2, -0.15) is 0 Å². The number of aromatic nitrogens is 1. The van der Waals surface area contributed by atoms with E-state index in [0.717, 1.165) is 0 Å². The molecular weight excluding hydrogens is 268 g/mol. The molecule has 19 heavy (non-hydrogen) atoms. The lowest BCUT2D eigenvalue weighted by atomic mass is 10.1. The van der Waals surface area contributed by atoms with Gasteiger partial charge in [0.2, 0.25) is 5.91 Å². The quantitative estimate of drug-likeness (QED) is 0.483. The number of carbonyl (C=O) groups excluding carboxylic acids is 2. The van der Waals surface area contributed by atoms with Crippen LogP contribution in [0.4, 0.5) is 5.69 Å². The van der Waals surface area contributed by atoms with Crippen molar-refractivity contribution in [2.75, 3.05) is 18.6 Å². The fourth-order valence-electron chi connectivity index (χ4n) is 2.07. The minimum Gasteiger partial charge on any atom is -0.465 e. The smallest absolute Gasteiger partial charge is 0.340 e. The number of hydrogen-bond donors (Lipinski definition) is 0. The summed E-state index contributed by atoms with van der Waals surface area (Å²) < 4.78 is 4.70. The van der Waals surface area contributed by atoms with Gasteiger partial charge >= 0.3 is 5.97 Å². The third kappa shape index (κ3) is 2.46. The Morgan fingerprint density at radius 2 is 2.42 bits per heavy atom. The zero-order valence-electron chi connectivity index (χ0n) is 10.4. The van der Waals surface area contributed by atoms with Crippen LogP contribution in [-0.2, 0) is 9.53 Å². The fraction of sp³-hybridized carbons (Fsp3) is 0.308. The van der Waals surface area contributed by atoms with E-state index < -0.39 is 5.97 Å². The molecule has 1 saturated heterocycles. The van der Waals surface area contributed by atoms with Crippen molar-refractivity contribution in [2.45, 2.75) is 6.42 Å². The number of amides is 1. The topological polar surface area (TPSA) is 59.5 Å². The predicted octanol–water partition coefficient (Wildman–Crippen LogP) is 2.06. The molecular formula is C13H13ClN2O3. The van der Waals surface area contributed by atoms with Crippen LogP contribution in [0, 0.1) is 5.92 Å². The minimum atomic E-state index is -0.547. The molecule has 1 aromatic rings. The summed E-state index contributed by atoms with van der Waals surface area (Å²) in [5, 5.41) is 0.112. The second-order valence-electron chi connectivity index (χ2n) is 4.19. The highest BCUT2D eigenvalue weighted by atomic mass is 35.5. The average molecular weight is 281 g/mol. The second kappa shape index (κ2) is 5.40. The highest BCUT2D eigenvalue weighted by Gasteiger charge is 2.33. The van der Waals surface area contributed by atoms with Crippen LogP contribution in [0.3, 0.4) is 0 Å². The molecule has 0 spiro atoms. The SMILES string of the molecule is C=CC1CC(=O)N(c2c(C(=O)OC)ccnc2Cl)C1. The van der Waals surface area contributed by atoms with E-state index in [9.17, 15) is 9.59 Å². The number of esters is 1. The Balaban J connectivity index is 2.47. The van der Waals surface area contributed by atoms with E-state index in [4.69, 9.17) is 16.3 Å². The number of pyridine rings is 1. The Kier molecular flexibility index (Phi) is 3.85. The average Bonchev–Trinajstić information content (AvgIpc) is 2.78. The molecule has 6 heteroatoms. The third-order valence-electron chi connectivity index (χ3n) is 3.04. The van der Waals surface area contributed by atoms with Gasteiger partial charge in [-0.15, -0.1) is 6.58 Å². The number of ether oxygens (including phenoxy) is 1. The van der Waals surface area contributed by atoms with Crippen LogP contribution in [0.15, 0.2) is 24.9 Å². The van der Waals surface area contributed by atoms with Crippen LogP contribution in [0.2, 0.25) is 5.15 Å². The van der Waals surface area contributed by atoms with Gasteiger partial charge in [0, 0.05) is 25.1 Å². The Bertz CT molecular complexity index is 545. The monoisotopic (exact) mass is 280 g/mol. The first-order valence-corrected chi connectivity index (χ1v) is 6.12. The molecule has 2 heterocycles. The van der Waals surface area contributed by atoms with Crippen LogP contribution in [0.25, 0.3) is 0 Å². The Hall–Kier alpha value is -1.88. The van der Waals surface area contributed by atoms with Crippen LogP contribution < -0.4 is 4.90 Å². The molecule has 0 aromatic carbocycles. The second-order valence-corrected chi connectivity index (χ2v) is 4.55. The van der Waals surface area contributed by atoms with Crippen molar-refractivity contribution in [3.8, 4) is 0 Å². The first-order chi connectivity index (χ1) is 9.08. The van der Waals surface area contributed by atoms with E-state index in [-0.39, 0.29) is 22.5 Å². The van der Waals surface area contributed by atoms with Crippen molar-refractivity contribution in [2.24, 2.45) is 5.92 Å². The maximum Gasteiger partial charge on any atom is 0.340 e. The zero-order valence-corrected chi connectivity index (χ0v) is 11.2. The van der Waals surface area contributed by atoms with E-state index in [2.05, 4.69) is 11.6 Å². The molecule has 1 unspecified atom stereocenters. The van der Waals surface area contributed by atoms with Gasteiger partial charge < -0.3 is 9.64 Å². The molecule has 1 amide bonds. The molecule has 100 valence electrons. The lowest BCUT2D eigenvalue weighted by Crippen LogP contribution is -2.27. The zero-order chi connectivity index (χ0) is 14.0. The van der Waals surface area contributed by atoms with Crippen molar-refractivity contribution < 1.29 is 14.3 Å². The van der Waals surface area contributed by atoms with Gasteiger partial charge in [-0.05, 0) is 6.07 Å². The van der Waals surface area contributed by atoms with Crippen LogP contribution in [0.1, 0.15) is 16.8 Å². The van der Waals surface area contributed by atoms with Gasteiger partial charge in [-0.25, -0.2) is 9.78 Å². The van der Waals surface area contributed by atoms with Gasteiger partial charge in [-0.1, -0.05) is 17.7 Å². The number of methoxy groups -OCH3 is 1. The first kappa shape index (κ1) is 13.5. The lowest BCUT2D eigenvalue weighted by molar-refractivity contribution is -0.117. The van der Waals surface area contributed by atoms with E-state index in [1.54, 1.807) is 6.08 Å². The van der Waals surface area contributed by atoms with Crippen molar-refractivity contribution in [1.29, 1.82) is 0 Å². The molecule has 0 bridgehead atoms. The van der Waals surface area contributed by atoms with Crippen LogP contribution >= 0.6 is 11.6 Å². The maximum absolute atomic E-state index is 12.0. The van der Waals surface area contributed by atoms with E-state index in [1.165, 1.54) is 24.3 Å². The number of anilines is 1. The van der Waals surface area contributed by atoms with Crippen molar-refractivity contribution in [1.82, 2.24) is 4.98 Å². The summed E-state index contributed by atoms with van der Waals surface area (Å²) in [6, 6.07) is 1.49. The fourth-order valence-corrected chi connectivity index (χ4v) is 2.33. The third-order valence-corrected chi connectivity index (χ3v) is 3.32. The molecule has 1 aliphatic rings. The van der Waals surface area contributed by atoms with Crippen molar-refractivity contribution >= 4 is 29.2 Å². The highest BCUT2D eigenvalue weighted by Crippen LogP contribution is 2.33. The van der Waals surface area contributed by atoms with Crippen molar-refractivity contribution in [3.63, 3.8) is 0 Å². The molecule has 1 atom stereocenters. The molecule has 0 N–H and O–H groups in total. The molecule has 2 rings (SSSR count). The van der Waals surface area contributed by atoms with Gasteiger partial charge in [-0.3, -0.25) is 4.79 Å². The molecule has 0 aliphatic carbocycles. The molecule has 5 nitrogen and oxygen atoms in total. The van der Waals surface area contributed by atoms with Crippen molar-refractivity contribution in [3.05, 3.63) is 35.6 Å². The molecule has 1 aliphatic heterocycles. The van der Waals surface area contributed by atoms with Gasteiger partial charge in [0.1, 0.15) is 0 Å². The summed E-state index contributed by atoms with van der Waals surface area (Å²) in [4.78, 5) is 29.1. The normalized spacial score (nSPS) is 18.5. The lowest BCUT2D eigenvalue weighted by Gasteiger charge is -2.19. The predicted molar refractivity (Wildman–Crippen MR) is 71.2 cm³/mol. The molecule has 0 saturated carbocycles. The van der Waals surface area contributed by atoms with E-state index in [0.29, 0.717) is 18.7 Å². The summed E-state index contributed by atoms with van der Waals surface area (Å²) in [5.74, 6) is -0.603. The summed E-state index contributed by atoms with van der Waals surface area (Å²) in [6.45, 7) is 4.12. The van der Waals surface area contributed by atoms with E-state index in [1.807, 2.05) is 0 Å². The van der Waals surface area contributed by atoms with Gasteiger partial charge in [0.25, 0.3) is 0 Å². The number of nitrogens with zero attached hydrogens (tertiary/aromatic N) is 2. The molecule has 0 radical (unpaired) electrons. The Labute approximate surface area is 115 Å². The van der Waals surface area contributed by atoms with Crippen LogP contribution in [-0.4, -0.2) is 30.5 Å².